The third-order valence-corrected chi connectivity index (χ3v) is 4.05. The first-order chi connectivity index (χ1) is 8.52. The summed E-state index contributed by atoms with van der Waals surface area (Å²) >= 11 is 0. The van der Waals surface area contributed by atoms with E-state index in [1.165, 1.54) is 0 Å². The zero-order chi connectivity index (χ0) is 13.2. The molecule has 0 atom stereocenters. The zero-order valence-corrected chi connectivity index (χ0v) is 11.2. The van der Waals surface area contributed by atoms with E-state index >= 15 is 0 Å². The van der Waals surface area contributed by atoms with E-state index in [9.17, 15) is 13.0 Å². The Bertz CT molecular complexity index is 522. The first-order valence-electron chi connectivity index (χ1n) is 6.08. The van der Waals surface area contributed by atoms with Gasteiger partial charge in [-0.15, -0.1) is 0 Å². The zero-order valence-electron chi connectivity index (χ0n) is 10.4. The molecule has 0 spiro atoms. The van der Waals surface area contributed by atoms with Crippen molar-refractivity contribution >= 4 is 15.8 Å². The Balaban J connectivity index is 2.45. The van der Waals surface area contributed by atoms with Crippen LogP contribution in [0.2, 0.25) is 0 Å². The number of rotatable bonds is 3. The van der Waals surface area contributed by atoms with Crippen LogP contribution in [0, 0.1) is 0 Å². The Morgan fingerprint density at radius 3 is 2.56 bits per heavy atom. The molecule has 5 nitrogen and oxygen atoms in total. The van der Waals surface area contributed by atoms with Crippen LogP contribution in [0.15, 0.2) is 23.1 Å². The summed E-state index contributed by atoms with van der Waals surface area (Å²) in [5, 5.41) is 3.21. The van der Waals surface area contributed by atoms with Crippen LogP contribution in [0.25, 0.3) is 0 Å². The number of piperazine rings is 1. The Morgan fingerprint density at radius 1 is 1.33 bits per heavy atom. The van der Waals surface area contributed by atoms with Gasteiger partial charge in [0.05, 0.1) is 5.69 Å². The third-order valence-electron chi connectivity index (χ3n) is 3.17. The fraction of sp³-hybridized carbons (Fsp3) is 0.500. The maximum absolute atomic E-state index is 11.5. The summed E-state index contributed by atoms with van der Waals surface area (Å²) in [6.45, 7) is 5.08. The van der Waals surface area contributed by atoms with Gasteiger partial charge in [0.1, 0.15) is 4.90 Å². The molecular formula is C12H18N2O3S. The Morgan fingerprint density at radius 2 is 2.00 bits per heavy atom. The minimum Gasteiger partial charge on any atom is -0.368 e. The van der Waals surface area contributed by atoms with Crippen molar-refractivity contribution in [2.45, 2.75) is 18.2 Å². The third kappa shape index (κ3) is 2.82. The number of hydrogen-bond acceptors (Lipinski definition) is 4. The number of nitrogens with zero attached hydrogens (tertiary/aromatic N) is 1. The summed E-state index contributed by atoms with van der Waals surface area (Å²) in [5.74, 6) is 0. The van der Waals surface area contributed by atoms with Crippen LogP contribution < -0.4 is 10.2 Å². The quantitative estimate of drug-likeness (QED) is 0.799. The Hall–Kier alpha value is -1.11. The second-order valence-electron chi connectivity index (χ2n) is 4.37. The maximum Gasteiger partial charge on any atom is 0.296 e. The van der Waals surface area contributed by atoms with Gasteiger partial charge < -0.3 is 10.2 Å². The minimum atomic E-state index is -4.18. The highest BCUT2D eigenvalue weighted by molar-refractivity contribution is 7.86. The summed E-state index contributed by atoms with van der Waals surface area (Å²) in [5.41, 5.74) is 1.50. The fourth-order valence-electron chi connectivity index (χ4n) is 2.15. The highest BCUT2D eigenvalue weighted by Crippen LogP contribution is 2.27. The molecule has 1 aromatic rings. The van der Waals surface area contributed by atoms with Gasteiger partial charge in [-0.3, -0.25) is 4.55 Å². The summed E-state index contributed by atoms with van der Waals surface area (Å²) in [7, 11) is -4.18. The van der Waals surface area contributed by atoms with E-state index in [4.69, 9.17) is 0 Å². The van der Waals surface area contributed by atoms with Crippen molar-refractivity contribution in [3.05, 3.63) is 23.8 Å². The molecule has 0 amide bonds. The monoisotopic (exact) mass is 270 g/mol. The van der Waals surface area contributed by atoms with Crippen molar-refractivity contribution in [1.82, 2.24) is 5.32 Å². The van der Waals surface area contributed by atoms with Crippen LogP contribution in [0.4, 0.5) is 5.69 Å². The molecule has 0 unspecified atom stereocenters. The van der Waals surface area contributed by atoms with Gasteiger partial charge in [0.2, 0.25) is 0 Å². The summed E-state index contributed by atoms with van der Waals surface area (Å²) in [4.78, 5) is 2.00. The molecular weight excluding hydrogens is 252 g/mol. The van der Waals surface area contributed by atoms with Gasteiger partial charge in [-0.1, -0.05) is 13.0 Å². The largest absolute Gasteiger partial charge is 0.368 e. The summed E-state index contributed by atoms with van der Waals surface area (Å²) in [6, 6.07) is 5.26. The van der Waals surface area contributed by atoms with Crippen molar-refractivity contribution < 1.29 is 13.0 Å². The Kier molecular flexibility index (Phi) is 3.89. The lowest BCUT2D eigenvalue weighted by Crippen LogP contribution is -2.44. The van der Waals surface area contributed by atoms with Crippen LogP contribution in [0.5, 0.6) is 0 Å². The van der Waals surface area contributed by atoms with Gasteiger partial charge in [0, 0.05) is 26.2 Å². The van der Waals surface area contributed by atoms with E-state index in [1.807, 2.05) is 17.9 Å². The van der Waals surface area contributed by atoms with Crippen LogP contribution in [0.1, 0.15) is 12.5 Å². The van der Waals surface area contributed by atoms with E-state index in [0.717, 1.165) is 38.2 Å². The molecule has 18 heavy (non-hydrogen) atoms. The second-order valence-corrected chi connectivity index (χ2v) is 5.76. The molecule has 2 N–H and O–H groups in total. The molecule has 100 valence electrons. The highest BCUT2D eigenvalue weighted by Gasteiger charge is 2.21. The topological polar surface area (TPSA) is 69.6 Å². The molecule has 6 heteroatoms. The highest BCUT2D eigenvalue weighted by atomic mass is 32.2. The second kappa shape index (κ2) is 5.26. The lowest BCUT2D eigenvalue weighted by molar-refractivity contribution is 0.482. The molecule has 1 aliphatic heterocycles. The van der Waals surface area contributed by atoms with Gasteiger partial charge >= 0.3 is 0 Å². The summed E-state index contributed by atoms with van der Waals surface area (Å²) < 4.78 is 32.3. The van der Waals surface area contributed by atoms with Crippen LogP contribution >= 0.6 is 0 Å². The van der Waals surface area contributed by atoms with Crippen molar-refractivity contribution in [1.29, 1.82) is 0 Å². The van der Waals surface area contributed by atoms with Crippen LogP contribution in [0.3, 0.4) is 0 Å². The van der Waals surface area contributed by atoms with Gasteiger partial charge in [-0.05, 0) is 24.1 Å². The normalized spacial score (nSPS) is 16.9. The van der Waals surface area contributed by atoms with Gasteiger partial charge in [0.25, 0.3) is 10.1 Å². The summed E-state index contributed by atoms with van der Waals surface area (Å²) in [6.07, 6.45) is 0.740. The van der Waals surface area contributed by atoms with Gasteiger partial charge in [-0.25, -0.2) is 0 Å². The van der Waals surface area contributed by atoms with Crippen molar-refractivity contribution in [3.63, 3.8) is 0 Å². The molecule has 0 saturated carbocycles. The van der Waals surface area contributed by atoms with Crippen molar-refractivity contribution in [3.8, 4) is 0 Å². The predicted octanol–water partition coefficient (Wildman–Crippen LogP) is 0.905. The van der Waals surface area contributed by atoms with E-state index in [2.05, 4.69) is 5.32 Å². The predicted molar refractivity (Wildman–Crippen MR) is 70.7 cm³/mol. The standard InChI is InChI=1S/C12H18N2O3S/c1-2-10-3-4-11(12(9-10)18(15,16)17)14-7-5-13-6-8-14/h3-4,9,13H,2,5-8H2,1H3,(H,15,16,17). The van der Waals surface area contributed by atoms with Gasteiger partial charge in [-0.2, -0.15) is 8.42 Å². The number of nitrogens with one attached hydrogen (secondary N) is 1. The molecule has 0 bridgehead atoms. The number of aryl methyl sites for hydroxylation is 1. The van der Waals surface area contributed by atoms with Crippen molar-refractivity contribution in [2.75, 3.05) is 31.1 Å². The van der Waals surface area contributed by atoms with E-state index < -0.39 is 10.1 Å². The lowest BCUT2D eigenvalue weighted by Gasteiger charge is -2.30. The molecule has 1 aliphatic rings. The average Bonchev–Trinajstić information content (AvgIpc) is 2.38. The van der Waals surface area contributed by atoms with Gasteiger partial charge in [0.15, 0.2) is 0 Å². The first kappa shape index (κ1) is 13.3. The van der Waals surface area contributed by atoms with E-state index in [-0.39, 0.29) is 4.90 Å². The fourth-order valence-corrected chi connectivity index (χ4v) is 2.91. The molecule has 1 fully saturated rings. The molecule has 1 heterocycles. The minimum absolute atomic E-state index is 0.0174. The molecule has 0 radical (unpaired) electrons. The SMILES string of the molecule is CCc1ccc(N2CCNCC2)c(S(=O)(=O)O)c1. The molecule has 0 aromatic heterocycles. The number of benzene rings is 1. The molecule has 0 aliphatic carbocycles. The lowest BCUT2D eigenvalue weighted by atomic mass is 10.1. The van der Waals surface area contributed by atoms with Crippen LogP contribution in [-0.4, -0.2) is 39.1 Å². The first-order valence-corrected chi connectivity index (χ1v) is 7.52. The van der Waals surface area contributed by atoms with Crippen molar-refractivity contribution in [2.24, 2.45) is 0 Å². The van der Waals surface area contributed by atoms with E-state index in [1.54, 1.807) is 12.1 Å². The molecule has 2 rings (SSSR count). The Labute approximate surface area is 108 Å². The number of hydrogen-bond donors (Lipinski definition) is 2. The molecule has 1 saturated heterocycles. The number of anilines is 1. The van der Waals surface area contributed by atoms with E-state index in [0.29, 0.717) is 5.69 Å². The molecule has 1 aromatic carbocycles. The van der Waals surface area contributed by atoms with Crippen LogP contribution in [-0.2, 0) is 16.5 Å². The smallest absolute Gasteiger partial charge is 0.296 e. The average molecular weight is 270 g/mol. The maximum atomic E-state index is 11.5.